The van der Waals surface area contributed by atoms with Crippen molar-refractivity contribution in [3.05, 3.63) is 47.8 Å². The number of ether oxygens (including phenoxy) is 2. The number of urea groups is 1. The van der Waals surface area contributed by atoms with Crippen LogP contribution in [0.25, 0.3) is 0 Å². The van der Waals surface area contributed by atoms with Crippen LogP contribution in [0, 0.1) is 0 Å². The van der Waals surface area contributed by atoms with E-state index in [2.05, 4.69) is 10.3 Å². The summed E-state index contributed by atoms with van der Waals surface area (Å²) in [4.78, 5) is 18.4. The van der Waals surface area contributed by atoms with Crippen LogP contribution in [0.3, 0.4) is 0 Å². The molecule has 2 aromatic rings. The second-order valence-corrected chi connectivity index (χ2v) is 4.94. The molecule has 0 atom stereocenters. The number of hydrogen-bond donors (Lipinski definition) is 1. The highest BCUT2D eigenvalue weighted by Crippen LogP contribution is 2.35. The molecule has 0 fully saturated rings. The summed E-state index contributed by atoms with van der Waals surface area (Å²) in [7, 11) is 3.11. The van der Waals surface area contributed by atoms with Crippen LogP contribution in [-0.4, -0.2) is 30.1 Å². The van der Waals surface area contributed by atoms with Crippen LogP contribution in [0.2, 0.25) is 0 Å². The predicted octanol–water partition coefficient (Wildman–Crippen LogP) is 2.65. The number of hydrogen-bond acceptors (Lipinski definition) is 4. The van der Waals surface area contributed by atoms with Crippen LogP contribution >= 0.6 is 0 Å². The van der Waals surface area contributed by atoms with Crippen molar-refractivity contribution >= 4 is 11.7 Å². The number of para-hydroxylation sites is 1. The number of fused-ring (bicyclic) bond motifs is 1. The maximum Gasteiger partial charge on any atom is 0.322 e. The number of amides is 2. The molecule has 0 bridgehead atoms. The minimum atomic E-state index is -0.190. The molecule has 0 aliphatic carbocycles. The SMILES string of the molecule is COc1cccc(NC(=O)N2Cc3cccnc3C2)c1OC. The number of rotatable bonds is 3. The Labute approximate surface area is 128 Å². The standard InChI is InChI=1S/C16H17N3O3/c1-21-14-7-3-6-12(15(14)22-2)18-16(20)19-9-11-5-4-8-17-13(11)10-19/h3-8H,9-10H2,1-2H3,(H,18,20). The van der Waals surface area contributed by atoms with Gasteiger partial charge >= 0.3 is 6.03 Å². The lowest BCUT2D eigenvalue weighted by atomic mass is 10.2. The molecular weight excluding hydrogens is 282 g/mol. The number of benzene rings is 1. The molecule has 1 aliphatic rings. The molecule has 22 heavy (non-hydrogen) atoms. The molecule has 2 amide bonds. The number of nitrogens with one attached hydrogen (secondary N) is 1. The third-order valence-electron chi connectivity index (χ3n) is 3.62. The Morgan fingerprint density at radius 2 is 2.05 bits per heavy atom. The third kappa shape index (κ3) is 2.55. The van der Waals surface area contributed by atoms with Crippen molar-refractivity contribution in [2.75, 3.05) is 19.5 Å². The Morgan fingerprint density at radius 3 is 2.77 bits per heavy atom. The fraction of sp³-hybridized carbons (Fsp3) is 0.250. The molecule has 6 heteroatoms. The van der Waals surface area contributed by atoms with E-state index in [9.17, 15) is 4.79 Å². The average Bonchev–Trinajstić information content (AvgIpc) is 2.98. The highest BCUT2D eigenvalue weighted by atomic mass is 16.5. The lowest BCUT2D eigenvalue weighted by molar-refractivity contribution is 0.212. The molecule has 0 spiro atoms. The fourth-order valence-electron chi connectivity index (χ4n) is 2.52. The summed E-state index contributed by atoms with van der Waals surface area (Å²) in [5.41, 5.74) is 2.60. The van der Waals surface area contributed by atoms with Gasteiger partial charge in [0, 0.05) is 12.7 Å². The van der Waals surface area contributed by atoms with Gasteiger partial charge in [-0.25, -0.2) is 4.79 Å². The largest absolute Gasteiger partial charge is 0.493 e. The van der Waals surface area contributed by atoms with Gasteiger partial charge in [-0.3, -0.25) is 4.98 Å². The number of methoxy groups -OCH3 is 2. The zero-order valence-electron chi connectivity index (χ0n) is 12.5. The van der Waals surface area contributed by atoms with Gasteiger partial charge in [0.15, 0.2) is 11.5 Å². The van der Waals surface area contributed by atoms with Gasteiger partial charge in [-0.05, 0) is 23.8 Å². The first kappa shape index (κ1) is 14.2. The molecule has 0 saturated carbocycles. The van der Waals surface area contributed by atoms with E-state index in [1.165, 1.54) is 0 Å². The third-order valence-corrected chi connectivity index (χ3v) is 3.62. The smallest absolute Gasteiger partial charge is 0.322 e. The molecule has 0 unspecified atom stereocenters. The molecule has 1 aromatic carbocycles. The zero-order chi connectivity index (χ0) is 15.5. The van der Waals surface area contributed by atoms with Gasteiger partial charge in [-0.2, -0.15) is 0 Å². The van der Waals surface area contributed by atoms with Crippen molar-refractivity contribution in [2.24, 2.45) is 0 Å². The monoisotopic (exact) mass is 299 g/mol. The molecule has 114 valence electrons. The van der Waals surface area contributed by atoms with Crippen molar-refractivity contribution in [2.45, 2.75) is 13.1 Å². The van der Waals surface area contributed by atoms with Crippen molar-refractivity contribution in [1.82, 2.24) is 9.88 Å². The Morgan fingerprint density at radius 1 is 1.18 bits per heavy atom. The van der Waals surface area contributed by atoms with Gasteiger partial charge in [0.25, 0.3) is 0 Å². The summed E-state index contributed by atoms with van der Waals surface area (Å²) >= 11 is 0. The predicted molar refractivity (Wildman–Crippen MR) is 82.0 cm³/mol. The van der Waals surface area contributed by atoms with Gasteiger partial charge in [0.1, 0.15) is 0 Å². The minimum absolute atomic E-state index is 0.190. The summed E-state index contributed by atoms with van der Waals surface area (Å²) in [5.74, 6) is 1.08. The highest BCUT2D eigenvalue weighted by molar-refractivity contribution is 5.92. The maximum atomic E-state index is 12.4. The topological polar surface area (TPSA) is 63.7 Å². The number of nitrogens with zero attached hydrogens (tertiary/aromatic N) is 2. The number of aromatic nitrogens is 1. The van der Waals surface area contributed by atoms with E-state index in [0.717, 1.165) is 11.3 Å². The van der Waals surface area contributed by atoms with Crippen LogP contribution in [-0.2, 0) is 13.1 Å². The summed E-state index contributed by atoms with van der Waals surface area (Å²) in [6.45, 7) is 1.07. The second kappa shape index (κ2) is 5.93. The highest BCUT2D eigenvalue weighted by Gasteiger charge is 2.25. The molecule has 0 radical (unpaired) electrons. The lowest BCUT2D eigenvalue weighted by Crippen LogP contribution is -2.30. The normalized spacial score (nSPS) is 12.7. The maximum absolute atomic E-state index is 12.4. The van der Waals surface area contributed by atoms with E-state index in [-0.39, 0.29) is 6.03 Å². The van der Waals surface area contributed by atoms with E-state index in [1.807, 2.05) is 12.1 Å². The Kier molecular flexibility index (Phi) is 3.82. The van der Waals surface area contributed by atoms with E-state index < -0.39 is 0 Å². The molecule has 6 nitrogen and oxygen atoms in total. The van der Waals surface area contributed by atoms with Gasteiger partial charge in [0.05, 0.1) is 32.1 Å². The summed E-state index contributed by atoms with van der Waals surface area (Å²) < 4.78 is 10.6. The van der Waals surface area contributed by atoms with Gasteiger partial charge in [0.2, 0.25) is 0 Å². The average molecular weight is 299 g/mol. The van der Waals surface area contributed by atoms with Crippen LogP contribution in [0.1, 0.15) is 11.3 Å². The number of anilines is 1. The second-order valence-electron chi connectivity index (χ2n) is 4.94. The Balaban J connectivity index is 1.76. The van der Waals surface area contributed by atoms with Crippen molar-refractivity contribution in [1.29, 1.82) is 0 Å². The fourth-order valence-corrected chi connectivity index (χ4v) is 2.52. The van der Waals surface area contributed by atoms with E-state index >= 15 is 0 Å². The number of carbonyl (C=O) groups excluding carboxylic acids is 1. The van der Waals surface area contributed by atoms with Crippen LogP contribution in [0.15, 0.2) is 36.5 Å². The molecule has 2 heterocycles. The summed E-state index contributed by atoms with van der Waals surface area (Å²) in [5, 5.41) is 2.87. The Hall–Kier alpha value is -2.76. The first-order valence-electron chi connectivity index (χ1n) is 6.92. The van der Waals surface area contributed by atoms with Crippen LogP contribution in [0.4, 0.5) is 10.5 Å². The van der Waals surface area contributed by atoms with Gasteiger partial charge in [-0.1, -0.05) is 12.1 Å². The van der Waals surface area contributed by atoms with Gasteiger partial charge in [-0.15, -0.1) is 0 Å². The summed E-state index contributed by atoms with van der Waals surface area (Å²) in [6, 6.07) is 9.04. The molecule has 1 aromatic heterocycles. The molecule has 0 saturated heterocycles. The van der Waals surface area contributed by atoms with E-state index in [0.29, 0.717) is 30.3 Å². The molecule has 3 rings (SSSR count). The van der Waals surface area contributed by atoms with E-state index in [4.69, 9.17) is 9.47 Å². The zero-order valence-corrected chi connectivity index (χ0v) is 12.5. The Bertz CT molecular complexity index is 678. The van der Waals surface area contributed by atoms with Crippen LogP contribution in [0.5, 0.6) is 11.5 Å². The lowest BCUT2D eigenvalue weighted by Gasteiger charge is -2.18. The molecular formula is C16H17N3O3. The number of carbonyl (C=O) groups is 1. The number of pyridine rings is 1. The van der Waals surface area contributed by atoms with Gasteiger partial charge < -0.3 is 19.7 Å². The minimum Gasteiger partial charge on any atom is -0.493 e. The van der Waals surface area contributed by atoms with Crippen molar-refractivity contribution in [3.8, 4) is 11.5 Å². The first-order valence-corrected chi connectivity index (χ1v) is 6.92. The summed E-state index contributed by atoms with van der Waals surface area (Å²) in [6.07, 6.45) is 1.74. The quantitative estimate of drug-likeness (QED) is 0.946. The first-order chi connectivity index (χ1) is 10.7. The van der Waals surface area contributed by atoms with E-state index in [1.54, 1.807) is 43.5 Å². The van der Waals surface area contributed by atoms with Crippen molar-refractivity contribution < 1.29 is 14.3 Å². The van der Waals surface area contributed by atoms with Crippen LogP contribution < -0.4 is 14.8 Å². The van der Waals surface area contributed by atoms with Crippen molar-refractivity contribution in [3.63, 3.8) is 0 Å². The molecule has 1 aliphatic heterocycles. The molecule has 1 N–H and O–H groups in total.